The van der Waals surface area contributed by atoms with Crippen LogP contribution in [0.1, 0.15) is 71.1 Å². The predicted molar refractivity (Wildman–Crippen MR) is 141 cm³/mol. The van der Waals surface area contributed by atoms with Gasteiger partial charge in [-0.15, -0.1) is 21.5 Å². The van der Waals surface area contributed by atoms with Crippen molar-refractivity contribution in [1.29, 1.82) is 0 Å². The normalized spacial score (nSPS) is 25.5. The monoisotopic (exact) mass is 574 g/mol. The molecule has 3 N–H and O–H groups in total. The molecule has 3 heterocycles. The Morgan fingerprint density at radius 2 is 2.10 bits per heavy atom. The van der Waals surface area contributed by atoms with Crippen molar-refractivity contribution in [2.45, 2.75) is 63.6 Å². The number of anilines is 3. The number of aromatic nitrogens is 5. The first-order valence-electron chi connectivity index (χ1n) is 13.6. The Morgan fingerprint density at radius 3 is 2.77 bits per heavy atom. The van der Waals surface area contributed by atoms with Gasteiger partial charge in [-0.3, -0.25) is 18.8 Å². The Kier molecular flexibility index (Phi) is 5.95. The summed E-state index contributed by atoms with van der Waals surface area (Å²) in [7, 11) is 1.56. The first kappa shape index (κ1) is 25.5. The highest BCUT2D eigenvalue weighted by molar-refractivity contribution is 7.17. The van der Waals surface area contributed by atoms with Crippen molar-refractivity contribution < 1.29 is 22.8 Å². The summed E-state index contributed by atoms with van der Waals surface area (Å²) in [5, 5.41) is 21.6. The van der Waals surface area contributed by atoms with Crippen LogP contribution in [0.4, 0.5) is 29.9 Å². The number of halogens is 3. The average molecular weight is 575 g/mol. The van der Waals surface area contributed by atoms with Gasteiger partial charge in [0.1, 0.15) is 29.0 Å². The Morgan fingerprint density at radius 1 is 1.30 bits per heavy atom. The molecule has 0 saturated heterocycles. The number of amides is 2. The van der Waals surface area contributed by atoms with E-state index in [9.17, 15) is 22.8 Å². The maximum absolute atomic E-state index is 13.5. The summed E-state index contributed by atoms with van der Waals surface area (Å²) in [5.74, 6) is 0.240. The lowest BCUT2D eigenvalue weighted by Crippen LogP contribution is -2.29. The third-order valence-corrected chi connectivity index (χ3v) is 9.99. The number of nitrogens with zero attached hydrogens (tertiary/aromatic N) is 5. The largest absolute Gasteiger partial charge is 0.352 e. The molecule has 14 heteroatoms. The number of nitrogens with one attached hydrogen (secondary N) is 3. The quantitative estimate of drug-likeness (QED) is 0.351. The Bertz CT molecular complexity index is 1490. The van der Waals surface area contributed by atoms with Gasteiger partial charge in [0, 0.05) is 42.4 Å². The Hall–Kier alpha value is -3.42. The second kappa shape index (κ2) is 9.32. The van der Waals surface area contributed by atoms with Crippen LogP contribution in [0.25, 0.3) is 0 Å². The topological polar surface area (TPSA) is 119 Å². The summed E-state index contributed by atoms with van der Waals surface area (Å²) in [6.45, 7) is 0.262. The Balaban J connectivity index is 1.14. The molecular weight excluding hydrogens is 545 g/mol. The van der Waals surface area contributed by atoms with Gasteiger partial charge in [0.25, 0.3) is 12.3 Å². The van der Waals surface area contributed by atoms with Crippen molar-refractivity contribution in [1.82, 2.24) is 29.9 Å². The Labute approximate surface area is 231 Å². The van der Waals surface area contributed by atoms with Crippen LogP contribution >= 0.6 is 11.3 Å². The van der Waals surface area contributed by atoms with Crippen molar-refractivity contribution in [2.24, 2.45) is 24.3 Å². The van der Waals surface area contributed by atoms with Crippen LogP contribution in [0.5, 0.6) is 0 Å². The van der Waals surface area contributed by atoms with Gasteiger partial charge < -0.3 is 16.0 Å². The van der Waals surface area contributed by atoms with E-state index in [1.807, 2.05) is 4.57 Å². The minimum Gasteiger partial charge on any atom is -0.352 e. The molecule has 3 aromatic rings. The predicted octanol–water partition coefficient (Wildman–Crippen LogP) is 4.31. The first-order chi connectivity index (χ1) is 19.2. The SMILES string of the molecule is Cn1nc(C(F)F)cc1Nc1nncn1[C@H]1CCc2sc(NC(=O)[C@H]3CC34CC4)c(C(=O)NC[C@H]3C[C@@H]3F)c2C1. The van der Waals surface area contributed by atoms with Crippen molar-refractivity contribution in [3.05, 3.63) is 34.1 Å². The van der Waals surface area contributed by atoms with Crippen LogP contribution in [0, 0.1) is 17.3 Å². The number of rotatable bonds is 9. The van der Waals surface area contributed by atoms with E-state index < -0.39 is 12.6 Å². The summed E-state index contributed by atoms with van der Waals surface area (Å²) >= 11 is 1.44. The van der Waals surface area contributed by atoms with Crippen LogP contribution in [-0.2, 0) is 24.7 Å². The van der Waals surface area contributed by atoms with Crippen molar-refractivity contribution in [3.63, 3.8) is 0 Å². The van der Waals surface area contributed by atoms with Gasteiger partial charge in [-0.1, -0.05) is 0 Å². The molecule has 7 rings (SSSR count). The molecule has 2 amide bonds. The van der Waals surface area contributed by atoms with Gasteiger partial charge in [-0.05, 0) is 55.9 Å². The first-order valence-corrected chi connectivity index (χ1v) is 14.4. The van der Waals surface area contributed by atoms with E-state index in [0.717, 1.165) is 36.1 Å². The molecule has 4 aliphatic carbocycles. The summed E-state index contributed by atoms with van der Waals surface area (Å²) in [6, 6.07) is 1.15. The van der Waals surface area contributed by atoms with Gasteiger partial charge in [0.2, 0.25) is 11.9 Å². The molecule has 0 aromatic carbocycles. The second-order valence-corrected chi connectivity index (χ2v) is 12.6. The van der Waals surface area contributed by atoms with E-state index >= 15 is 0 Å². The van der Waals surface area contributed by atoms with E-state index in [1.165, 1.54) is 22.1 Å². The van der Waals surface area contributed by atoms with Gasteiger partial charge in [-0.2, -0.15) is 5.10 Å². The highest BCUT2D eigenvalue weighted by Gasteiger charge is 2.65. The van der Waals surface area contributed by atoms with Gasteiger partial charge in [0.05, 0.1) is 5.56 Å². The fourth-order valence-electron chi connectivity index (χ4n) is 5.92. The number of thiophene rings is 1. The summed E-state index contributed by atoms with van der Waals surface area (Å²) in [6.07, 6.45) is 3.46. The molecule has 0 unspecified atom stereocenters. The van der Waals surface area contributed by atoms with E-state index in [-0.39, 0.29) is 47.3 Å². The summed E-state index contributed by atoms with van der Waals surface area (Å²) in [4.78, 5) is 27.5. The van der Waals surface area contributed by atoms with Gasteiger partial charge in [0.15, 0.2) is 0 Å². The number of fused-ring (bicyclic) bond motifs is 1. The standard InChI is InChI=1S/C26H29F3N8O2S/c1-36-19(8-17(35-36)21(28)29)32-25-34-31-11-37(25)13-2-3-18-14(7-13)20(23(39)30-10-12-6-16(12)27)24(40-18)33-22(38)15-9-26(15)4-5-26/h8,11-13,15-16,21H,2-7,9-10H2,1H3,(H,30,39)(H,32,34)(H,33,38)/t12-,13+,15-,16+/m1/s1. The van der Waals surface area contributed by atoms with Crippen LogP contribution in [0.3, 0.4) is 0 Å². The third-order valence-electron chi connectivity index (χ3n) is 8.79. The molecular formula is C26H29F3N8O2S. The number of carbonyl (C=O) groups excluding carboxylic acids is 2. The molecule has 10 nitrogen and oxygen atoms in total. The average Bonchev–Trinajstić information content (AvgIpc) is 3.86. The smallest absolute Gasteiger partial charge is 0.282 e. The number of hydrogen-bond acceptors (Lipinski definition) is 7. The molecule has 3 fully saturated rings. The molecule has 4 aliphatic rings. The van der Waals surface area contributed by atoms with E-state index in [4.69, 9.17) is 0 Å². The molecule has 0 aliphatic heterocycles. The summed E-state index contributed by atoms with van der Waals surface area (Å²) in [5.41, 5.74) is 1.17. The highest BCUT2D eigenvalue weighted by atomic mass is 32.1. The number of hydrogen-bond donors (Lipinski definition) is 3. The molecule has 212 valence electrons. The molecule has 3 saturated carbocycles. The second-order valence-electron chi connectivity index (χ2n) is 11.5. The molecule has 0 bridgehead atoms. The molecule has 0 radical (unpaired) electrons. The van der Waals surface area contributed by atoms with E-state index in [2.05, 4.69) is 31.2 Å². The zero-order chi connectivity index (χ0) is 27.8. The maximum Gasteiger partial charge on any atom is 0.282 e. The maximum atomic E-state index is 13.5. The fraction of sp³-hybridized carbons (Fsp3) is 0.577. The van der Waals surface area contributed by atoms with E-state index in [1.54, 1.807) is 13.4 Å². The number of alkyl halides is 3. The summed E-state index contributed by atoms with van der Waals surface area (Å²) < 4.78 is 42.9. The third kappa shape index (κ3) is 4.55. The lowest BCUT2D eigenvalue weighted by atomic mass is 9.91. The molecule has 4 atom stereocenters. The molecule has 1 spiro atoms. The number of carbonyl (C=O) groups is 2. The molecule has 3 aromatic heterocycles. The van der Waals surface area contributed by atoms with Crippen molar-refractivity contribution in [3.8, 4) is 0 Å². The van der Waals surface area contributed by atoms with Crippen LogP contribution in [0.15, 0.2) is 12.4 Å². The zero-order valence-electron chi connectivity index (χ0n) is 21.8. The van der Waals surface area contributed by atoms with Gasteiger partial charge in [-0.25, -0.2) is 13.2 Å². The minimum absolute atomic E-state index is 0.0114. The molecule has 40 heavy (non-hydrogen) atoms. The lowest BCUT2D eigenvalue weighted by molar-refractivity contribution is -0.117. The number of aryl methyl sites for hydroxylation is 2. The van der Waals surface area contributed by atoms with Crippen LogP contribution < -0.4 is 16.0 Å². The highest BCUT2D eigenvalue weighted by Crippen LogP contribution is 2.70. The minimum atomic E-state index is -2.69. The van der Waals surface area contributed by atoms with E-state index in [0.29, 0.717) is 41.6 Å². The van der Waals surface area contributed by atoms with Gasteiger partial charge >= 0.3 is 0 Å². The lowest BCUT2D eigenvalue weighted by Gasteiger charge is -2.25. The zero-order valence-corrected chi connectivity index (χ0v) is 22.6. The van der Waals surface area contributed by atoms with Crippen LogP contribution in [0.2, 0.25) is 0 Å². The van der Waals surface area contributed by atoms with Crippen molar-refractivity contribution in [2.75, 3.05) is 17.2 Å². The fourth-order valence-corrected chi connectivity index (χ4v) is 7.17. The van der Waals surface area contributed by atoms with Crippen LogP contribution in [-0.4, -0.2) is 49.1 Å². The van der Waals surface area contributed by atoms with Crippen molar-refractivity contribution >= 4 is 39.9 Å².